The summed E-state index contributed by atoms with van der Waals surface area (Å²) in [4.78, 5) is 6.27. The average Bonchev–Trinajstić information content (AvgIpc) is 2.31. The van der Waals surface area contributed by atoms with E-state index in [0.29, 0.717) is 23.9 Å². The standard InChI is InChI=1S/C11H16ClN5/c1-8(5-13)6-17(2)7-10-9(12)3-4-11(15-10)16-14/h3-4,8H,6-7,14H2,1-2H3,(H,15,16). The van der Waals surface area contributed by atoms with E-state index in [0.717, 1.165) is 5.69 Å². The molecule has 0 saturated carbocycles. The van der Waals surface area contributed by atoms with E-state index in [9.17, 15) is 0 Å². The van der Waals surface area contributed by atoms with E-state index in [1.54, 1.807) is 12.1 Å². The Morgan fingerprint density at radius 2 is 2.35 bits per heavy atom. The summed E-state index contributed by atoms with van der Waals surface area (Å²) in [5.74, 6) is 5.85. The summed E-state index contributed by atoms with van der Waals surface area (Å²) in [6.07, 6.45) is 0. The topological polar surface area (TPSA) is 78.0 Å². The summed E-state index contributed by atoms with van der Waals surface area (Å²) in [6, 6.07) is 5.65. The van der Waals surface area contributed by atoms with Crippen LogP contribution in [0.4, 0.5) is 5.82 Å². The number of nitrogens with two attached hydrogens (primary N) is 1. The van der Waals surface area contributed by atoms with Crippen molar-refractivity contribution < 1.29 is 0 Å². The molecule has 0 spiro atoms. The molecule has 3 N–H and O–H groups in total. The summed E-state index contributed by atoms with van der Waals surface area (Å²) in [7, 11) is 1.92. The zero-order valence-corrected chi connectivity index (χ0v) is 10.7. The van der Waals surface area contributed by atoms with E-state index in [1.165, 1.54) is 0 Å². The van der Waals surface area contributed by atoms with Gasteiger partial charge in [0.25, 0.3) is 0 Å². The third kappa shape index (κ3) is 4.19. The summed E-state index contributed by atoms with van der Waals surface area (Å²) in [5.41, 5.74) is 3.22. The number of hydrazine groups is 1. The molecular formula is C11H16ClN5. The van der Waals surface area contributed by atoms with Crippen LogP contribution in [0.5, 0.6) is 0 Å². The monoisotopic (exact) mass is 253 g/mol. The molecule has 0 bridgehead atoms. The first-order chi connectivity index (χ1) is 8.06. The first-order valence-electron chi connectivity index (χ1n) is 5.27. The Morgan fingerprint density at radius 3 is 2.94 bits per heavy atom. The van der Waals surface area contributed by atoms with Crippen LogP contribution in [-0.2, 0) is 6.54 Å². The maximum atomic E-state index is 8.74. The SMILES string of the molecule is CC(C#N)CN(C)Cc1nc(NN)ccc1Cl. The highest BCUT2D eigenvalue weighted by molar-refractivity contribution is 6.31. The number of rotatable bonds is 5. The van der Waals surface area contributed by atoms with Crippen molar-refractivity contribution in [2.75, 3.05) is 19.0 Å². The molecule has 1 heterocycles. The van der Waals surface area contributed by atoms with Crippen molar-refractivity contribution in [1.82, 2.24) is 9.88 Å². The van der Waals surface area contributed by atoms with Gasteiger partial charge in [-0.3, -0.25) is 4.90 Å². The van der Waals surface area contributed by atoms with Crippen molar-refractivity contribution in [2.45, 2.75) is 13.5 Å². The van der Waals surface area contributed by atoms with Gasteiger partial charge >= 0.3 is 0 Å². The smallest absolute Gasteiger partial charge is 0.140 e. The van der Waals surface area contributed by atoms with Crippen molar-refractivity contribution >= 4 is 17.4 Å². The lowest BCUT2D eigenvalue weighted by atomic mass is 10.2. The van der Waals surface area contributed by atoms with Crippen LogP contribution in [0.3, 0.4) is 0 Å². The van der Waals surface area contributed by atoms with E-state index in [-0.39, 0.29) is 5.92 Å². The predicted octanol–water partition coefficient (Wildman–Crippen LogP) is 1.61. The minimum Gasteiger partial charge on any atom is -0.308 e. The molecule has 92 valence electrons. The number of hydrogen-bond acceptors (Lipinski definition) is 5. The number of anilines is 1. The van der Waals surface area contributed by atoms with Gasteiger partial charge in [0, 0.05) is 13.1 Å². The first-order valence-corrected chi connectivity index (χ1v) is 5.64. The zero-order valence-electron chi connectivity index (χ0n) is 9.94. The van der Waals surface area contributed by atoms with Gasteiger partial charge in [0.05, 0.1) is 22.7 Å². The lowest BCUT2D eigenvalue weighted by molar-refractivity contribution is 0.300. The number of nitrogens with one attached hydrogen (secondary N) is 1. The van der Waals surface area contributed by atoms with Crippen LogP contribution in [0.15, 0.2) is 12.1 Å². The van der Waals surface area contributed by atoms with Crippen LogP contribution in [0.2, 0.25) is 5.02 Å². The van der Waals surface area contributed by atoms with Crippen molar-refractivity contribution in [2.24, 2.45) is 11.8 Å². The Kier molecular flexibility index (Phi) is 5.16. The lowest BCUT2D eigenvalue weighted by Crippen LogP contribution is -2.24. The average molecular weight is 254 g/mol. The molecule has 1 rings (SSSR count). The molecule has 1 aromatic heterocycles. The molecular weight excluding hydrogens is 238 g/mol. The van der Waals surface area contributed by atoms with Gasteiger partial charge in [0.15, 0.2) is 0 Å². The molecule has 1 atom stereocenters. The van der Waals surface area contributed by atoms with Gasteiger partial charge in [-0.2, -0.15) is 5.26 Å². The Bertz CT molecular complexity index is 415. The summed E-state index contributed by atoms with van der Waals surface area (Å²) < 4.78 is 0. The van der Waals surface area contributed by atoms with E-state index < -0.39 is 0 Å². The van der Waals surface area contributed by atoms with Gasteiger partial charge in [-0.25, -0.2) is 10.8 Å². The van der Waals surface area contributed by atoms with Crippen LogP contribution in [0.25, 0.3) is 0 Å². The molecule has 5 nitrogen and oxygen atoms in total. The molecule has 0 radical (unpaired) electrons. The third-order valence-corrected chi connectivity index (χ3v) is 2.64. The quantitative estimate of drug-likeness (QED) is 0.616. The second-order valence-corrected chi connectivity index (χ2v) is 4.40. The van der Waals surface area contributed by atoms with Gasteiger partial charge in [0.2, 0.25) is 0 Å². The van der Waals surface area contributed by atoms with Crippen molar-refractivity contribution in [3.05, 3.63) is 22.8 Å². The molecule has 1 aromatic rings. The molecule has 0 fully saturated rings. The molecule has 0 aromatic carbocycles. The number of nitriles is 1. The van der Waals surface area contributed by atoms with E-state index in [1.807, 2.05) is 18.9 Å². The van der Waals surface area contributed by atoms with Crippen LogP contribution in [0, 0.1) is 17.2 Å². The number of hydrogen-bond donors (Lipinski definition) is 2. The second kappa shape index (κ2) is 6.40. The molecule has 0 aliphatic heterocycles. The highest BCUT2D eigenvalue weighted by atomic mass is 35.5. The van der Waals surface area contributed by atoms with Crippen LogP contribution >= 0.6 is 11.6 Å². The van der Waals surface area contributed by atoms with Crippen molar-refractivity contribution in [1.29, 1.82) is 5.26 Å². The largest absolute Gasteiger partial charge is 0.308 e. The van der Waals surface area contributed by atoms with Crippen LogP contribution in [0.1, 0.15) is 12.6 Å². The van der Waals surface area contributed by atoms with Gasteiger partial charge in [0.1, 0.15) is 5.82 Å². The fraction of sp³-hybridized carbons (Fsp3) is 0.455. The minimum absolute atomic E-state index is 0.0189. The first kappa shape index (κ1) is 13.7. The molecule has 0 aliphatic carbocycles. The van der Waals surface area contributed by atoms with Gasteiger partial charge in [-0.1, -0.05) is 11.6 Å². The maximum absolute atomic E-state index is 8.74. The van der Waals surface area contributed by atoms with Crippen molar-refractivity contribution in [3.8, 4) is 6.07 Å². The van der Waals surface area contributed by atoms with Gasteiger partial charge < -0.3 is 5.43 Å². The van der Waals surface area contributed by atoms with Crippen LogP contribution < -0.4 is 11.3 Å². The molecule has 17 heavy (non-hydrogen) atoms. The fourth-order valence-corrected chi connectivity index (χ4v) is 1.67. The lowest BCUT2D eigenvalue weighted by Gasteiger charge is -2.18. The Morgan fingerprint density at radius 1 is 1.65 bits per heavy atom. The minimum atomic E-state index is -0.0189. The number of halogens is 1. The fourth-order valence-electron chi connectivity index (χ4n) is 1.50. The Balaban J connectivity index is 2.70. The van der Waals surface area contributed by atoms with Gasteiger partial charge in [-0.05, 0) is 26.1 Å². The van der Waals surface area contributed by atoms with E-state index in [4.69, 9.17) is 22.7 Å². The second-order valence-electron chi connectivity index (χ2n) is 4.00. The molecule has 0 amide bonds. The summed E-state index contributed by atoms with van der Waals surface area (Å²) >= 11 is 6.04. The predicted molar refractivity (Wildman–Crippen MR) is 68.2 cm³/mol. The highest BCUT2D eigenvalue weighted by Crippen LogP contribution is 2.17. The Labute approximate surface area is 106 Å². The number of aromatic nitrogens is 1. The summed E-state index contributed by atoms with van der Waals surface area (Å²) in [6.45, 7) is 3.14. The van der Waals surface area contributed by atoms with E-state index in [2.05, 4.69) is 16.5 Å². The van der Waals surface area contributed by atoms with Crippen LogP contribution in [-0.4, -0.2) is 23.5 Å². The molecule has 6 heteroatoms. The zero-order chi connectivity index (χ0) is 12.8. The number of nitrogens with zero attached hydrogens (tertiary/aromatic N) is 3. The third-order valence-electron chi connectivity index (χ3n) is 2.29. The molecule has 0 saturated heterocycles. The Hall–Kier alpha value is -1.35. The number of pyridine rings is 1. The number of nitrogen functional groups attached to an aromatic ring is 1. The normalized spacial score (nSPS) is 12.2. The summed E-state index contributed by atoms with van der Waals surface area (Å²) in [5, 5.41) is 9.34. The maximum Gasteiger partial charge on any atom is 0.140 e. The molecule has 1 unspecified atom stereocenters. The molecule has 0 aliphatic rings. The van der Waals surface area contributed by atoms with Gasteiger partial charge in [-0.15, -0.1) is 0 Å². The van der Waals surface area contributed by atoms with Crippen molar-refractivity contribution in [3.63, 3.8) is 0 Å². The highest BCUT2D eigenvalue weighted by Gasteiger charge is 2.09. The van der Waals surface area contributed by atoms with E-state index >= 15 is 0 Å².